The molecule has 2 nitrogen and oxygen atoms in total. The molecule has 1 atom stereocenters. The minimum Gasteiger partial charge on any atom is -0.393 e. The number of anilines is 1. The molecule has 0 spiro atoms. The van der Waals surface area contributed by atoms with Gasteiger partial charge < -0.3 is 10.4 Å². The molecule has 1 aromatic carbocycles. The molecular weight excluding hydrogens is 194 g/mol. The van der Waals surface area contributed by atoms with Gasteiger partial charge in [-0.15, -0.1) is 11.8 Å². The second-order valence-electron chi connectivity index (χ2n) is 3.26. The summed E-state index contributed by atoms with van der Waals surface area (Å²) in [5, 5.41) is 12.4. The van der Waals surface area contributed by atoms with E-state index >= 15 is 0 Å². The number of aliphatic hydroxyl groups excluding tert-OH is 1. The van der Waals surface area contributed by atoms with Crippen molar-refractivity contribution in [3.05, 3.63) is 24.3 Å². The summed E-state index contributed by atoms with van der Waals surface area (Å²) in [5.41, 5.74) is 1.15. The summed E-state index contributed by atoms with van der Waals surface area (Å²) in [4.78, 5) is 1.25. The van der Waals surface area contributed by atoms with Gasteiger partial charge in [0, 0.05) is 17.1 Å². The highest BCUT2D eigenvalue weighted by molar-refractivity contribution is 7.98. The quantitative estimate of drug-likeness (QED) is 0.734. The van der Waals surface area contributed by atoms with Gasteiger partial charge in [-0.2, -0.15) is 0 Å². The minimum atomic E-state index is -0.232. The third-order valence-corrected chi connectivity index (χ3v) is 2.78. The summed E-state index contributed by atoms with van der Waals surface area (Å²) in [6.45, 7) is 2.62. The van der Waals surface area contributed by atoms with E-state index in [9.17, 15) is 0 Å². The molecule has 78 valence electrons. The first-order valence-electron chi connectivity index (χ1n) is 4.79. The fourth-order valence-corrected chi connectivity index (χ4v) is 1.78. The molecule has 0 saturated heterocycles. The van der Waals surface area contributed by atoms with Crippen LogP contribution in [0.1, 0.15) is 13.3 Å². The fourth-order valence-electron chi connectivity index (χ4n) is 1.21. The van der Waals surface area contributed by atoms with E-state index in [1.807, 2.05) is 19.1 Å². The molecule has 3 heteroatoms. The smallest absolute Gasteiger partial charge is 0.0528 e. The summed E-state index contributed by atoms with van der Waals surface area (Å²) in [5.74, 6) is 0. The zero-order valence-corrected chi connectivity index (χ0v) is 9.47. The van der Waals surface area contributed by atoms with Gasteiger partial charge in [0.1, 0.15) is 0 Å². The van der Waals surface area contributed by atoms with Gasteiger partial charge in [0.15, 0.2) is 0 Å². The highest BCUT2D eigenvalue weighted by Crippen LogP contribution is 2.24. The van der Waals surface area contributed by atoms with E-state index in [-0.39, 0.29) is 6.10 Å². The van der Waals surface area contributed by atoms with E-state index in [0.717, 1.165) is 18.7 Å². The molecule has 0 aliphatic rings. The van der Waals surface area contributed by atoms with Gasteiger partial charge in [-0.1, -0.05) is 12.1 Å². The maximum atomic E-state index is 9.11. The highest BCUT2D eigenvalue weighted by atomic mass is 32.2. The number of benzene rings is 1. The van der Waals surface area contributed by atoms with Crippen molar-refractivity contribution >= 4 is 17.4 Å². The van der Waals surface area contributed by atoms with Crippen LogP contribution >= 0.6 is 11.8 Å². The molecule has 0 heterocycles. The summed E-state index contributed by atoms with van der Waals surface area (Å²) in [6, 6.07) is 8.21. The predicted molar refractivity (Wildman–Crippen MR) is 63.0 cm³/mol. The van der Waals surface area contributed by atoms with Gasteiger partial charge in [0.25, 0.3) is 0 Å². The normalized spacial score (nSPS) is 12.5. The van der Waals surface area contributed by atoms with E-state index < -0.39 is 0 Å². The Bertz CT molecular complexity index is 276. The number of thioether (sulfide) groups is 1. The van der Waals surface area contributed by atoms with Crippen LogP contribution in [-0.2, 0) is 0 Å². The van der Waals surface area contributed by atoms with E-state index in [1.165, 1.54) is 4.90 Å². The molecule has 0 amide bonds. The molecule has 0 radical (unpaired) electrons. The highest BCUT2D eigenvalue weighted by Gasteiger charge is 2.00. The molecule has 1 rings (SSSR count). The van der Waals surface area contributed by atoms with Crippen LogP contribution in [0.2, 0.25) is 0 Å². The van der Waals surface area contributed by atoms with Crippen molar-refractivity contribution in [3.8, 4) is 0 Å². The average Bonchev–Trinajstić information content (AvgIpc) is 2.18. The number of hydrogen-bond acceptors (Lipinski definition) is 3. The minimum absolute atomic E-state index is 0.232. The van der Waals surface area contributed by atoms with Gasteiger partial charge >= 0.3 is 0 Å². The van der Waals surface area contributed by atoms with Crippen LogP contribution in [-0.4, -0.2) is 24.0 Å². The van der Waals surface area contributed by atoms with Crippen molar-refractivity contribution in [2.24, 2.45) is 0 Å². The predicted octanol–water partition coefficient (Wildman–Crippen LogP) is 2.59. The van der Waals surface area contributed by atoms with Crippen molar-refractivity contribution in [1.29, 1.82) is 0 Å². The Balaban J connectivity index is 2.49. The molecular formula is C11H17NOS. The summed E-state index contributed by atoms with van der Waals surface area (Å²) in [6.07, 6.45) is 2.61. The molecule has 14 heavy (non-hydrogen) atoms. The topological polar surface area (TPSA) is 32.3 Å². The van der Waals surface area contributed by atoms with Gasteiger partial charge in [0.2, 0.25) is 0 Å². The lowest BCUT2D eigenvalue weighted by atomic mass is 10.2. The Morgan fingerprint density at radius 1 is 1.43 bits per heavy atom. The molecule has 0 aromatic heterocycles. The average molecular weight is 211 g/mol. The van der Waals surface area contributed by atoms with Crippen molar-refractivity contribution in [1.82, 2.24) is 0 Å². The Kier molecular flexibility index (Phi) is 4.84. The number of rotatable bonds is 5. The Morgan fingerprint density at radius 2 is 2.14 bits per heavy atom. The van der Waals surface area contributed by atoms with Crippen molar-refractivity contribution in [3.63, 3.8) is 0 Å². The first kappa shape index (κ1) is 11.4. The standard InChI is InChI=1S/C11H17NOS/c1-9(13)7-8-12-10-5-3-4-6-11(10)14-2/h3-6,9,12-13H,7-8H2,1-2H3. The third-order valence-electron chi connectivity index (χ3n) is 1.98. The monoisotopic (exact) mass is 211 g/mol. The SMILES string of the molecule is CSc1ccccc1NCCC(C)O. The molecule has 0 saturated carbocycles. The zero-order valence-electron chi connectivity index (χ0n) is 8.66. The van der Waals surface area contributed by atoms with Crippen LogP contribution in [0.25, 0.3) is 0 Å². The van der Waals surface area contributed by atoms with E-state index in [2.05, 4.69) is 23.7 Å². The van der Waals surface area contributed by atoms with Gasteiger partial charge in [-0.25, -0.2) is 0 Å². The summed E-state index contributed by atoms with van der Waals surface area (Å²) in [7, 11) is 0. The lowest BCUT2D eigenvalue weighted by molar-refractivity contribution is 0.188. The maximum absolute atomic E-state index is 9.11. The summed E-state index contributed by atoms with van der Waals surface area (Å²) < 4.78 is 0. The molecule has 0 fully saturated rings. The van der Waals surface area contributed by atoms with Crippen molar-refractivity contribution < 1.29 is 5.11 Å². The van der Waals surface area contributed by atoms with Gasteiger partial charge in [-0.3, -0.25) is 0 Å². The molecule has 0 aliphatic carbocycles. The molecule has 0 bridgehead atoms. The first-order chi connectivity index (χ1) is 6.74. The first-order valence-corrected chi connectivity index (χ1v) is 6.01. The van der Waals surface area contributed by atoms with Gasteiger partial charge in [0.05, 0.1) is 6.10 Å². The van der Waals surface area contributed by atoms with Crippen LogP contribution in [0.15, 0.2) is 29.2 Å². The molecule has 1 unspecified atom stereocenters. The Hall–Kier alpha value is -0.670. The third kappa shape index (κ3) is 3.60. The van der Waals surface area contributed by atoms with Crippen LogP contribution < -0.4 is 5.32 Å². The molecule has 1 aromatic rings. The van der Waals surface area contributed by atoms with Crippen molar-refractivity contribution in [2.45, 2.75) is 24.3 Å². The molecule has 2 N–H and O–H groups in total. The Labute approximate surface area is 89.7 Å². The Morgan fingerprint density at radius 3 is 2.79 bits per heavy atom. The van der Waals surface area contributed by atoms with Crippen LogP contribution in [0.4, 0.5) is 5.69 Å². The summed E-state index contributed by atoms with van der Waals surface area (Å²) >= 11 is 1.73. The van der Waals surface area contributed by atoms with Crippen LogP contribution in [0.3, 0.4) is 0 Å². The lowest BCUT2D eigenvalue weighted by Crippen LogP contribution is -2.10. The second kappa shape index (κ2) is 5.94. The number of para-hydroxylation sites is 1. The van der Waals surface area contributed by atoms with Crippen molar-refractivity contribution in [2.75, 3.05) is 18.1 Å². The largest absolute Gasteiger partial charge is 0.393 e. The van der Waals surface area contributed by atoms with Crippen LogP contribution in [0.5, 0.6) is 0 Å². The van der Waals surface area contributed by atoms with E-state index in [4.69, 9.17) is 5.11 Å². The lowest BCUT2D eigenvalue weighted by Gasteiger charge is -2.10. The number of nitrogens with one attached hydrogen (secondary N) is 1. The van der Waals surface area contributed by atoms with E-state index in [1.54, 1.807) is 11.8 Å². The maximum Gasteiger partial charge on any atom is 0.0528 e. The molecule has 0 aliphatic heterocycles. The number of aliphatic hydroxyl groups is 1. The zero-order chi connectivity index (χ0) is 10.4. The second-order valence-corrected chi connectivity index (χ2v) is 4.11. The number of hydrogen-bond donors (Lipinski definition) is 2. The van der Waals surface area contributed by atoms with Crippen LogP contribution in [0, 0.1) is 0 Å². The van der Waals surface area contributed by atoms with Gasteiger partial charge in [-0.05, 0) is 31.7 Å². The fraction of sp³-hybridized carbons (Fsp3) is 0.455. The van der Waals surface area contributed by atoms with E-state index in [0.29, 0.717) is 0 Å².